The van der Waals surface area contributed by atoms with Gasteiger partial charge in [-0.25, -0.2) is 0 Å². The van der Waals surface area contributed by atoms with Crippen molar-refractivity contribution in [3.8, 4) is 11.5 Å². The summed E-state index contributed by atoms with van der Waals surface area (Å²) in [6, 6.07) is 20.9. The van der Waals surface area contributed by atoms with Gasteiger partial charge in [-0.2, -0.15) is 5.48 Å². The van der Waals surface area contributed by atoms with Crippen molar-refractivity contribution in [2.45, 2.75) is 25.5 Å². The summed E-state index contributed by atoms with van der Waals surface area (Å²) in [5.41, 5.74) is 4.40. The number of para-hydroxylation sites is 1. The maximum atomic E-state index is 12.4. The van der Waals surface area contributed by atoms with Crippen molar-refractivity contribution in [2.75, 3.05) is 13.2 Å². The third kappa shape index (κ3) is 7.52. The lowest BCUT2D eigenvalue weighted by Crippen LogP contribution is -2.37. The first-order chi connectivity index (χ1) is 18.8. The summed E-state index contributed by atoms with van der Waals surface area (Å²) in [6.45, 7) is 1.35. The monoisotopic (exact) mass is 549 g/mol. The van der Waals surface area contributed by atoms with Gasteiger partial charge in [0, 0.05) is 36.1 Å². The van der Waals surface area contributed by atoms with E-state index in [2.05, 4.69) is 20.6 Å². The molecule has 4 N–H and O–H groups in total. The molecule has 0 saturated carbocycles. The van der Waals surface area contributed by atoms with Crippen LogP contribution in [0.15, 0.2) is 79.0 Å². The smallest absolute Gasteiger partial charge is 0.329 e. The predicted octanol–water partition coefficient (Wildman–Crippen LogP) is 4.12. The molecule has 202 valence electrons. The van der Waals surface area contributed by atoms with Crippen LogP contribution in [0.1, 0.15) is 34.5 Å². The van der Waals surface area contributed by atoms with Gasteiger partial charge < -0.3 is 25.1 Å². The number of aromatic nitrogens is 1. The Hall–Kier alpha value is -4.02. The van der Waals surface area contributed by atoms with Crippen molar-refractivity contribution in [3.05, 3.63) is 101 Å². The molecule has 0 fully saturated rings. The highest BCUT2D eigenvalue weighted by molar-refractivity contribution is 6.30. The molecule has 1 heterocycles. The van der Waals surface area contributed by atoms with E-state index >= 15 is 0 Å². The van der Waals surface area contributed by atoms with Crippen LogP contribution in [0.4, 0.5) is 0 Å². The molecule has 0 radical (unpaired) electrons. The number of nitrogens with one attached hydrogen (secondary N) is 2. The molecule has 10 heteroatoms. The van der Waals surface area contributed by atoms with Gasteiger partial charge in [0.1, 0.15) is 11.5 Å². The van der Waals surface area contributed by atoms with E-state index in [-0.39, 0.29) is 24.8 Å². The van der Waals surface area contributed by atoms with Gasteiger partial charge in [0.05, 0.1) is 23.8 Å². The third-order valence-electron chi connectivity index (χ3n) is 5.95. The zero-order valence-corrected chi connectivity index (χ0v) is 21.9. The molecule has 9 nitrogen and oxygen atoms in total. The first-order valence-electron chi connectivity index (χ1n) is 12.2. The van der Waals surface area contributed by atoms with Gasteiger partial charge >= 0.3 is 5.97 Å². The molecule has 0 aliphatic carbocycles. The highest BCUT2D eigenvalue weighted by atomic mass is 35.5. The largest absolute Gasteiger partial charge is 0.457 e. The van der Waals surface area contributed by atoms with Crippen LogP contribution in [0, 0.1) is 0 Å². The Morgan fingerprint density at radius 2 is 1.82 bits per heavy atom. The molecular weight excluding hydrogens is 522 g/mol. The van der Waals surface area contributed by atoms with Crippen LogP contribution in [0.2, 0.25) is 5.02 Å². The number of aliphatic hydroxyl groups is 2. The Morgan fingerprint density at radius 3 is 2.54 bits per heavy atom. The fourth-order valence-corrected chi connectivity index (χ4v) is 4.21. The highest BCUT2D eigenvalue weighted by Gasteiger charge is 2.16. The number of hydrogen-bond acceptors (Lipinski definition) is 8. The average molecular weight is 550 g/mol. The second kappa shape index (κ2) is 13.2. The van der Waals surface area contributed by atoms with Crippen molar-refractivity contribution in [2.24, 2.45) is 0 Å². The topological polar surface area (TPSA) is 130 Å². The van der Waals surface area contributed by atoms with E-state index in [0.29, 0.717) is 39.4 Å². The molecule has 0 aliphatic heterocycles. The van der Waals surface area contributed by atoms with E-state index in [4.69, 9.17) is 16.3 Å². The number of carbonyl (C=O) groups is 2. The van der Waals surface area contributed by atoms with E-state index in [1.165, 1.54) is 13.1 Å². The molecule has 4 aromatic rings. The molecule has 0 aliphatic rings. The number of pyridine rings is 1. The maximum Gasteiger partial charge on any atom is 0.329 e. The zero-order valence-electron chi connectivity index (χ0n) is 21.1. The van der Waals surface area contributed by atoms with Gasteiger partial charge in [0.15, 0.2) is 0 Å². The quantitative estimate of drug-likeness (QED) is 0.217. The summed E-state index contributed by atoms with van der Waals surface area (Å²) in [5.74, 6) is -0.164. The summed E-state index contributed by atoms with van der Waals surface area (Å²) >= 11 is 6.00. The SMILES string of the molecule is CC(=O)ONC(=O)c1cccc2c(Oc3ccc(C[C@@H](CO)NC[C@@H](O)c4cccc(Cl)c4)cc3)ccnc12. The summed E-state index contributed by atoms with van der Waals surface area (Å²) in [7, 11) is 0. The van der Waals surface area contributed by atoms with Gasteiger partial charge in [-0.15, -0.1) is 0 Å². The van der Waals surface area contributed by atoms with E-state index in [0.717, 1.165) is 5.56 Å². The van der Waals surface area contributed by atoms with Crippen LogP contribution < -0.4 is 15.5 Å². The number of nitrogens with zero attached hydrogens (tertiary/aromatic N) is 1. The van der Waals surface area contributed by atoms with Gasteiger partial charge in [0.25, 0.3) is 5.91 Å². The molecule has 0 bridgehead atoms. The molecule has 1 aromatic heterocycles. The van der Waals surface area contributed by atoms with Crippen molar-refractivity contribution in [3.63, 3.8) is 0 Å². The van der Waals surface area contributed by atoms with Crippen LogP contribution in [0.25, 0.3) is 10.9 Å². The molecule has 3 aromatic carbocycles. The van der Waals surface area contributed by atoms with Crippen LogP contribution in [0.3, 0.4) is 0 Å². The van der Waals surface area contributed by atoms with Gasteiger partial charge in [0.2, 0.25) is 0 Å². The first kappa shape index (κ1) is 28.0. The second-order valence-corrected chi connectivity index (χ2v) is 9.28. The molecule has 2 atom stereocenters. The van der Waals surface area contributed by atoms with E-state index in [9.17, 15) is 19.8 Å². The lowest BCUT2D eigenvalue weighted by molar-refractivity contribution is -0.146. The standard InChI is InChI=1S/C29H28ClN3O6/c1-18(35)39-33-29(37)25-7-3-6-24-27(12-13-31-28(24)25)38-23-10-8-19(9-11-23)14-22(17-34)32-16-26(36)20-4-2-5-21(30)15-20/h2-13,15,22,26,32,34,36H,14,16-17H2,1H3,(H,33,37)/t22-,26+/m0/s1. The Labute approximate surface area is 230 Å². The molecule has 0 spiro atoms. The number of fused-ring (bicyclic) bond motifs is 1. The number of rotatable bonds is 10. The molecule has 0 saturated heterocycles. The second-order valence-electron chi connectivity index (χ2n) is 8.84. The summed E-state index contributed by atoms with van der Waals surface area (Å²) in [4.78, 5) is 32.4. The minimum absolute atomic E-state index is 0.100. The number of halogens is 1. The number of hydroxylamine groups is 1. The number of ether oxygens (including phenoxy) is 1. The molecule has 1 amide bonds. The normalized spacial score (nSPS) is 12.5. The van der Waals surface area contributed by atoms with E-state index < -0.39 is 18.0 Å². The minimum Gasteiger partial charge on any atom is -0.457 e. The van der Waals surface area contributed by atoms with E-state index in [1.807, 2.05) is 24.3 Å². The Morgan fingerprint density at radius 1 is 1.05 bits per heavy atom. The van der Waals surface area contributed by atoms with Crippen LogP contribution >= 0.6 is 11.6 Å². The number of aliphatic hydroxyl groups excluding tert-OH is 2. The predicted molar refractivity (Wildman–Crippen MR) is 146 cm³/mol. The van der Waals surface area contributed by atoms with Crippen molar-refractivity contribution in [1.29, 1.82) is 0 Å². The fraction of sp³-hybridized carbons (Fsp3) is 0.207. The van der Waals surface area contributed by atoms with Gasteiger partial charge in [-0.3, -0.25) is 14.6 Å². The maximum absolute atomic E-state index is 12.4. The van der Waals surface area contributed by atoms with Crippen molar-refractivity contribution in [1.82, 2.24) is 15.8 Å². The van der Waals surface area contributed by atoms with Crippen LogP contribution in [-0.2, 0) is 16.1 Å². The minimum atomic E-state index is -0.753. The Bertz CT molecular complexity index is 1450. The Balaban J connectivity index is 1.40. The summed E-state index contributed by atoms with van der Waals surface area (Å²) < 4.78 is 6.08. The van der Waals surface area contributed by atoms with Crippen molar-refractivity contribution >= 4 is 34.4 Å². The summed E-state index contributed by atoms with van der Waals surface area (Å²) in [5, 5.41) is 24.6. The first-order valence-corrected chi connectivity index (χ1v) is 12.6. The highest BCUT2D eigenvalue weighted by Crippen LogP contribution is 2.30. The lowest BCUT2D eigenvalue weighted by Gasteiger charge is -2.19. The molecule has 4 rings (SSSR count). The fourth-order valence-electron chi connectivity index (χ4n) is 4.01. The molecular formula is C29H28ClN3O6. The van der Waals surface area contributed by atoms with E-state index in [1.54, 1.807) is 48.5 Å². The number of hydrogen-bond donors (Lipinski definition) is 4. The summed E-state index contributed by atoms with van der Waals surface area (Å²) in [6.07, 6.45) is 1.32. The van der Waals surface area contributed by atoms with Crippen molar-refractivity contribution < 1.29 is 29.4 Å². The Kier molecular flexibility index (Phi) is 9.45. The van der Waals surface area contributed by atoms with Gasteiger partial charge in [-0.05, 0) is 60.0 Å². The number of carbonyl (C=O) groups excluding carboxylic acids is 2. The van der Waals surface area contributed by atoms with Crippen LogP contribution in [0.5, 0.6) is 11.5 Å². The average Bonchev–Trinajstić information content (AvgIpc) is 2.94. The molecule has 39 heavy (non-hydrogen) atoms. The lowest BCUT2D eigenvalue weighted by atomic mass is 10.0. The van der Waals surface area contributed by atoms with Crippen LogP contribution in [-0.4, -0.2) is 46.3 Å². The number of benzene rings is 3. The number of amides is 1. The third-order valence-corrected chi connectivity index (χ3v) is 6.19. The zero-order chi connectivity index (χ0) is 27.8. The van der Waals surface area contributed by atoms with Gasteiger partial charge in [-0.1, -0.05) is 41.9 Å². The molecule has 0 unspecified atom stereocenters.